The van der Waals surface area contributed by atoms with Gasteiger partial charge in [0.1, 0.15) is 0 Å². The number of aromatic nitrogens is 3. The summed E-state index contributed by atoms with van der Waals surface area (Å²) in [5, 5.41) is 5.99. The van der Waals surface area contributed by atoms with E-state index in [1.807, 2.05) is 6.07 Å². The molecule has 0 N–H and O–H groups in total. The molecule has 2 heterocycles. The molecule has 3 nitrogen and oxygen atoms in total. The van der Waals surface area contributed by atoms with Gasteiger partial charge in [-0.05, 0) is 75.5 Å². The lowest BCUT2D eigenvalue weighted by Gasteiger charge is -2.12. The SMILES string of the molecule is c1ccc(-c2nc(-c3ccc(-c4cccc5ccccc45)cc3)nc3ccc(-c4ccc5c(c4)c4ccccc4n5-c4ccccc4)cc23)cc1. The minimum atomic E-state index is 0.716. The van der Waals surface area contributed by atoms with Crippen molar-refractivity contribution in [2.24, 2.45) is 0 Å². The summed E-state index contributed by atoms with van der Waals surface area (Å²) in [5.41, 5.74) is 12.1. The normalized spacial score (nSPS) is 11.5. The lowest BCUT2D eigenvalue weighted by molar-refractivity contribution is 1.18. The summed E-state index contributed by atoms with van der Waals surface area (Å²) in [5.74, 6) is 0.716. The number of fused-ring (bicyclic) bond motifs is 5. The highest BCUT2D eigenvalue weighted by molar-refractivity contribution is 6.10. The highest BCUT2D eigenvalue weighted by Crippen LogP contribution is 2.37. The first-order chi connectivity index (χ1) is 25.3. The molecule has 3 heteroatoms. The smallest absolute Gasteiger partial charge is 0.160 e. The zero-order valence-corrected chi connectivity index (χ0v) is 27.7. The standard InChI is InChI=1S/C48H31N3/c1-3-13-34(14-4-1)47-43-31-36(37-27-29-46-42(30-37)41-19-9-10-21-45(41)51(46)38-16-5-2-6-17-38)26-28-44(43)49-48(50-47)35-24-22-33(23-25-35)40-20-11-15-32-12-7-8-18-39(32)40/h1-31H. The molecule has 0 radical (unpaired) electrons. The van der Waals surface area contributed by atoms with Crippen molar-refractivity contribution in [1.29, 1.82) is 0 Å². The third-order valence-electron chi connectivity index (χ3n) is 10.0. The molecule has 0 spiro atoms. The van der Waals surface area contributed by atoms with Crippen LogP contribution < -0.4 is 0 Å². The van der Waals surface area contributed by atoms with E-state index in [-0.39, 0.29) is 0 Å². The summed E-state index contributed by atoms with van der Waals surface area (Å²) in [6, 6.07) is 66.8. The Morgan fingerprint density at radius 1 is 0.353 bits per heavy atom. The summed E-state index contributed by atoms with van der Waals surface area (Å²) in [6.45, 7) is 0. The molecule has 0 fully saturated rings. The van der Waals surface area contributed by atoms with Gasteiger partial charge in [0, 0.05) is 33.0 Å². The van der Waals surface area contributed by atoms with Crippen molar-refractivity contribution in [1.82, 2.24) is 14.5 Å². The molecular formula is C48H31N3. The van der Waals surface area contributed by atoms with E-state index in [4.69, 9.17) is 9.97 Å². The van der Waals surface area contributed by atoms with E-state index in [1.54, 1.807) is 0 Å². The predicted octanol–water partition coefficient (Wildman–Crippen LogP) is 12.5. The van der Waals surface area contributed by atoms with Crippen LogP contribution in [0.2, 0.25) is 0 Å². The Hall–Kier alpha value is -6.84. The largest absolute Gasteiger partial charge is 0.309 e. The van der Waals surface area contributed by atoms with Crippen LogP contribution in [0.5, 0.6) is 0 Å². The lowest BCUT2D eigenvalue weighted by Crippen LogP contribution is -1.96. The van der Waals surface area contributed by atoms with Gasteiger partial charge in [0.15, 0.2) is 5.82 Å². The van der Waals surface area contributed by atoms with Crippen LogP contribution in [0.15, 0.2) is 188 Å². The van der Waals surface area contributed by atoms with Crippen LogP contribution in [-0.2, 0) is 0 Å². The number of hydrogen-bond donors (Lipinski definition) is 0. The molecule has 10 aromatic rings. The molecular weight excluding hydrogens is 619 g/mol. The molecule has 0 aliphatic heterocycles. The molecule has 51 heavy (non-hydrogen) atoms. The number of hydrogen-bond acceptors (Lipinski definition) is 2. The summed E-state index contributed by atoms with van der Waals surface area (Å²) in [4.78, 5) is 10.4. The Morgan fingerprint density at radius 2 is 0.961 bits per heavy atom. The molecule has 0 saturated heterocycles. The molecule has 238 valence electrons. The maximum absolute atomic E-state index is 5.24. The molecule has 0 unspecified atom stereocenters. The van der Waals surface area contributed by atoms with E-state index in [0.717, 1.165) is 44.5 Å². The maximum atomic E-state index is 5.24. The monoisotopic (exact) mass is 649 g/mol. The average Bonchev–Trinajstić information content (AvgIpc) is 3.54. The lowest BCUT2D eigenvalue weighted by atomic mass is 9.97. The second-order valence-corrected chi connectivity index (χ2v) is 13.0. The van der Waals surface area contributed by atoms with E-state index in [0.29, 0.717) is 5.82 Å². The van der Waals surface area contributed by atoms with E-state index in [2.05, 4.69) is 187 Å². The van der Waals surface area contributed by atoms with E-state index in [1.165, 1.54) is 43.7 Å². The van der Waals surface area contributed by atoms with Gasteiger partial charge >= 0.3 is 0 Å². The molecule has 0 amide bonds. The van der Waals surface area contributed by atoms with E-state index in [9.17, 15) is 0 Å². The van der Waals surface area contributed by atoms with Crippen molar-refractivity contribution in [3.8, 4) is 50.6 Å². The van der Waals surface area contributed by atoms with Crippen LogP contribution in [0.4, 0.5) is 0 Å². The molecule has 0 atom stereocenters. The van der Waals surface area contributed by atoms with E-state index < -0.39 is 0 Å². The molecule has 2 aromatic heterocycles. The van der Waals surface area contributed by atoms with Crippen molar-refractivity contribution in [2.75, 3.05) is 0 Å². The molecule has 8 aromatic carbocycles. The summed E-state index contributed by atoms with van der Waals surface area (Å²) in [6.07, 6.45) is 0. The zero-order chi connectivity index (χ0) is 33.7. The summed E-state index contributed by atoms with van der Waals surface area (Å²) >= 11 is 0. The summed E-state index contributed by atoms with van der Waals surface area (Å²) < 4.78 is 2.35. The van der Waals surface area contributed by atoms with Crippen LogP contribution in [0.25, 0.3) is 94.1 Å². The van der Waals surface area contributed by atoms with Crippen molar-refractivity contribution in [2.45, 2.75) is 0 Å². The van der Waals surface area contributed by atoms with Crippen LogP contribution in [-0.4, -0.2) is 14.5 Å². The van der Waals surface area contributed by atoms with Crippen molar-refractivity contribution in [3.63, 3.8) is 0 Å². The van der Waals surface area contributed by atoms with Crippen LogP contribution in [0.1, 0.15) is 0 Å². The first-order valence-corrected chi connectivity index (χ1v) is 17.3. The quantitative estimate of drug-likeness (QED) is 0.186. The maximum Gasteiger partial charge on any atom is 0.160 e. The Balaban J connectivity index is 1.09. The Kier molecular flexibility index (Phi) is 6.81. The van der Waals surface area contributed by atoms with Gasteiger partial charge in [-0.2, -0.15) is 0 Å². The minimum absolute atomic E-state index is 0.716. The zero-order valence-electron chi connectivity index (χ0n) is 27.7. The summed E-state index contributed by atoms with van der Waals surface area (Å²) in [7, 11) is 0. The number of nitrogens with zero attached hydrogens (tertiary/aromatic N) is 3. The predicted molar refractivity (Wildman–Crippen MR) is 213 cm³/mol. The molecule has 10 rings (SSSR count). The van der Waals surface area contributed by atoms with Crippen molar-refractivity contribution < 1.29 is 0 Å². The van der Waals surface area contributed by atoms with Gasteiger partial charge in [0.05, 0.1) is 22.2 Å². The number of rotatable bonds is 5. The Bertz CT molecular complexity index is 2880. The van der Waals surface area contributed by atoms with Crippen LogP contribution in [0.3, 0.4) is 0 Å². The van der Waals surface area contributed by atoms with Crippen LogP contribution >= 0.6 is 0 Å². The average molecular weight is 650 g/mol. The fourth-order valence-electron chi connectivity index (χ4n) is 7.54. The van der Waals surface area contributed by atoms with Crippen molar-refractivity contribution in [3.05, 3.63) is 188 Å². The van der Waals surface area contributed by atoms with Gasteiger partial charge < -0.3 is 4.57 Å². The number of benzene rings is 8. The Morgan fingerprint density at radius 3 is 1.78 bits per heavy atom. The van der Waals surface area contributed by atoms with Gasteiger partial charge in [-0.25, -0.2) is 9.97 Å². The topological polar surface area (TPSA) is 30.7 Å². The first-order valence-electron chi connectivity index (χ1n) is 17.3. The molecule has 0 aliphatic rings. The fourth-order valence-corrected chi connectivity index (χ4v) is 7.54. The van der Waals surface area contributed by atoms with Gasteiger partial charge in [-0.3, -0.25) is 0 Å². The highest BCUT2D eigenvalue weighted by Gasteiger charge is 2.16. The fraction of sp³-hybridized carbons (Fsp3) is 0. The van der Waals surface area contributed by atoms with Gasteiger partial charge in [-0.15, -0.1) is 0 Å². The van der Waals surface area contributed by atoms with Gasteiger partial charge in [0.25, 0.3) is 0 Å². The van der Waals surface area contributed by atoms with Crippen molar-refractivity contribution >= 4 is 43.5 Å². The first kappa shape index (κ1) is 29.1. The minimum Gasteiger partial charge on any atom is -0.309 e. The van der Waals surface area contributed by atoms with E-state index >= 15 is 0 Å². The van der Waals surface area contributed by atoms with Crippen LogP contribution in [0, 0.1) is 0 Å². The third kappa shape index (κ3) is 4.98. The highest BCUT2D eigenvalue weighted by atomic mass is 15.0. The number of para-hydroxylation sites is 2. The van der Waals surface area contributed by atoms with Gasteiger partial charge in [-0.1, -0.05) is 146 Å². The third-order valence-corrected chi connectivity index (χ3v) is 10.0. The second kappa shape index (κ2) is 11.9. The second-order valence-electron chi connectivity index (χ2n) is 13.0. The molecule has 0 bridgehead atoms. The Labute approximate surface area is 295 Å². The van der Waals surface area contributed by atoms with Gasteiger partial charge in [0.2, 0.25) is 0 Å². The molecule has 0 saturated carbocycles. The molecule has 0 aliphatic carbocycles.